The highest BCUT2D eigenvalue weighted by Gasteiger charge is 2.09. The van der Waals surface area contributed by atoms with Gasteiger partial charge in [0, 0.05) is 11.3 Å². The van der Waals surface area contributed by atoms with E-state index >= 15 is 0 Å². The molecule has 1 aromatic heterocycles. The van der Waals surface area contributed by atoms with E-state index in [9.17, 15) is 9.59 Å². The second-order valence-electron chi connectivity index (χ2n) is 4.92. The molecule has 0 saturated carbocycles. The Morgan fingerprint density at radius 3 is 2.57 bits per heavy atom. The van der Waals surface area contributed by atoms with Crippen LogP contribution in [-0.2, 0) is 4.79 Å². The lowest BCUT2D eigenvalue weighted by Gasteiger charge is -2.04. The minimum absolute atomic E-state index is 0.00519. The van der Waals surface area contributed by atoms with E-state index in [2.05, 4.69) is 10.3 Å². The van der Waals surface area contributed by atoms with Gasteiger partial charge in [-0.3, -0.25) is 9.59 Å². The third-order valence-electron chi connectivity index (χ3n) is 3.18. The summed E-state index contributed by atoms with van der Waals surface area (Å²) in [6.45, 7) is 1.50. The van der Waals surface area contributed by atoms with Crippen molar-refractivity contribution in [2.75, 3.05) is 11.1 Å². The van der Waals surface area contributed by atoms with Crippen LogP contribution in [0.1, 0.15) is 17.3 Å². The van der Waals surface area contributed by atoms with E-state index in [4.69, 9.17) is 4.42 Å². The van der Waals surface area contributed by atoms with E-state index in [0.29, 0.717) is 22.1 Å². The van der Waals surface area contributed by atoms with Crippen LogP contribution in [0.2, 0.25) is 0 Å². The summed E-state index contributed by atoms with van der Waals surface area (Å²) in [6.07, 6.45) is 0. The standard InChI is InChI=1S/C17H14N2O3S/c1-11(20)12-6-8-13(9-7-12)18-16(21)10-23-17-19-14-4-2-3-5-15(14)22-17/h2-9H,10H2,1H3,(H,18,21). The van der Waals surface area contributed by atoms with Crippen LogP contribution < -0.4 is 5.32 Å². The van der Waals surface area contributed by atoms with Crippen LogP contribution in [0, 0.1) is 0 Å². The second-order valence-corrected chi connectivity index (χ2v) is 5.84. The minimum atomic E-state index is -0.159. The molecule has 0 saturated heterocycles. The number of amides is 1. The van der Waals surface area contributed by atoms with Gasteiger partial charge in [-0.25, -0.2) is 4.98 Å². The van der Waals surface area contributed by atoms with Crippen molar-refractivity contribution in [1.29, 1.82) is 0 Å². The Morgan fingerprint density at radius 1 is 1.13 bits per heavy atom. The van der Waals surface area contributed by atoms with Crippen LogP contribution in [0.3, 0.4) is 0 Å². The van der Waals surface area contributed by atoms with E-state index in [1.165, 1.54) is 18.7 Å². The Bertz CT molecular complexity index is 823. The Kier molecular flexibility index (Phi) is 4.43. The summed E-state index contributed by atoms with van der Waals surface area (Å²) in [7, 11) is 0. The van der Waals surface area contributed by atoms with Gasteiger partial charge in [-0.1, -0.05) is 23.9 Å². The van der Waals surface area contributed by atoms with Crippen molar-refractivity contribution in [1.82, 2.24) is 4.98 Å². The van der Waals surface area contributed by atoms with Gasteiger partial charge in [-0.15, -0.1) is 0 Å². The molecule has 0 fully saturated rings. The molecule has 0 aliphatic carbocycles. The number of carbonyl (C=O) groups excluding carboxylic acids is 2. The topological polar surface area (TPSA) is 72.2 Å². The molecule has 1 amide bonds. The van der Waals surface area contributed by atoms with Gasteiger partial charge in [0.1, 0.15) is 5.52 Å². The van der Waals surface area contributed by atoms with Crippen LogP contribution in [-0.4, -0.2) is 22.4 Å². The minimum Gasteiger partial charge on any atom is -0.431 e. The highest BCUT2D eigenvalue weighted by atomic mass is 32.2. The van der Waals surface area contributed by atoms with Crippen molar-refractivity contribution < 1.29 is 14.0 Å². The fourth-order valence-corrected chi connectivity index (χ4v) is 2.66. The lowest BCUT2D eigenvalue weighted by Crippen LogP contribution is -2.14. The molecule has 0 bridgehead atoms. The highest BCUT2D eigenvalue weighted by Crippen LogP contribution is 2.23. The van der Waals surface area contributed by atoms with E-state index in [-0.39, 0.29) is 17.4 Å². The number of nitrogens with zero attached hydrogens (tertiary/aromatic N) is 1. The van der Waals surface area contributed by atoms with Gasteiger partial charge < -0.3 is 9.73 Å². The smallest absolute Gasteiger partial charge is 0.257 e. The molecule has 0 radical (unpaired) electrons. The van der Waals surface area contributed by atoms with E-state index in [0.717, 1.165) is 5.52 Å². The van der Waals surface area contributed by atoms with Gasteiger partial charge in [0.25, 0.3) is 5.22 Å². The lowest BCUT2D eigenvalue weighted by molar-refractivity contribution is -0.113. The largest absolute Gasteiger partial charge is 0.431 e. The molecule has 1 N–H and O–H groups in total. The summed E-state index contributed by atoms with van der Waals surface area (Å²) in [5.41, 5.74) is 2.74. The second kappa shape index (κ2) is 6.66. The summed E-state index contributed by atoms with van der Waals surface area (Å²) in [6, 6.07) is 14.2. The lowest BCUT2D eigenvalue weighted by atomic mass is 10.1. The number of rotatable bonds is 5. The monoisotopic (exact) mass is 326 g/mol. The SMILES string of the molecule is CC(=O)c1ccc(NC(=O)CSc2nc3ccccc3o2)cc1. The van der Waals surface area contributed by atoms with Crippen molar-refractivity contribution in [2.24, 2.45) is 0 Å². The van der Waals surface area contributed by atoms with Gasteiger partial charge in [-0.2, -0.15) is 0 Å². The zero-order valence-corrected chi connectivity index (χ0v) is 13.2. The Hall–Kier alpha value is -2.60. The van der Waals surface area contributed by atoms with Gasteiger partial charge in [-0.05, 0) is 43.3 Å². The molecule has 23 heavy (non-hydrogen) atoms. The number of aromatic nitrogens is 1. The van der Waals surface area contributed by atoms with Gasteiger partial charge in [0.15, 0.2) is 11.4 Å². The first-order valence-corrected chi connectivity index (χ1v) is 7.99. The number of hydrogen-bond acceptors (Lipinski definition) is 5. The third kappa shape index (κ3) is 3.78. The van der Waals surface area contributed by atoms with Crippen molar-refractivity contribution in [3.63, 3.8) is 0 Å². The van der Waals surface area contributed by atoms with Crippen LogP contribution in [0.4, 0.5) is 5.69 Å². The summed E-state index contributed by atoms with van der Waals surface area (Å²) in [5.74, 6) is 0.0311. The number of para-hydroxylation sites is 2. The average molecular weight is 326 g/mol. The molecule has 0 aliphatic rings. The molecule has 6 heteroatoms. The first-order chi connectivity index (χ1) is 11.1. The number of fused-ring (bicyclic) bond motifs is 1. The molecule has 0 spiro atoms. The molecule has 5 nitrogen and oxygen atoms in total. The average Bonchev–Trinajstić information content (AvgIpc) is 2.96. The Balaban J connectivity index is 1.57. The maximum atomic E-state index is 12.0. The van der Waals surface area contributed by atoms with Gasteiger partial charge >= 0.3 is 0 Å². The molecular weight excluding hydrogens is 312 g/mol. The zero-order valence-electron chi connectivity index (χ0n) is 12.4. The third-order valence-corrected chi connectivity index (χ3v) is 4.00. The fraction of sp³-hybridized carbons (Fsp3) is 0.118. The molecular formula is C17H14N2O3S. The molecule has 0 atom stereocenters. The first kappa shape index (κ1) is 15.3. The van der Waals surface area contributed by atoms with Crippen LogP contribution in [0.5, 0.6) is 0 Å². The maximum absolute atomic E-state index is 12.0. The van der Waals surface area contributed by atoms with Gasteiger partial charge in [0.2, 0.25) is 5.91 Å². The molecule has 116 valence electrons. The number of anilines is 1. The van der Waals surface area contributed by atoms with Crippen molar-refractivity contribution in [2.45, 2.75) is 12.1 Å². The van der Waals surface area contributed by atoms with Crippen molar-refractivity contribution >= 4 is 40.2 Å². The number of ketones is 1. The summed E-state index contributed by atoms with van der Waals surface area (Å²) >= 11 is 1.24. The molecule has 3 rings (SSSR count). The molecule has 1 heterocycles. The quantitative estimate of drug-likeness (QED) is 0.571. The Labute approximate surface area is 137 Å². The molecule has 3 aromatic rings. The first-order valence-electron chi connectivity index (χ1n) is 7.01. The van der Waals surface area contributed by atoms with E-state index in [1.54, 1.807) is 24.3 Å². The fourth-order valence-electron chi connectivity index (χ4n) is 2.03. The molecule has 0 aliphatic heterocycles. The number of carbonyl (C=O) groups is 2. The highest BCUT2D eigenvalue weighted by molar-refractivity contribution is 7.99. The normalized spacial score (nSPS) is 10.7. The number of Topliss-reactive ketones (excluding diaryl/α,β-unsaturated/α-hetero) is 1. The molecule has 0 unspecified atom stereocenters. The Morgan fingerprint density at radius 2 is 1.87 bits per heavy atom. The van der Waals surface area contributed by atoms with Crippen LogP contribution in [0.25, 0.3) is 11.1 Å². The van der Waals surface area contributed by atoms with Crippen molar-refractivity contribution in [3.05, 3.63) is 54.1 Å². The predicted molar refractivity (Wildman–Crippen MR) is 89.8 cm³/mol. The number of hydrogen-bond donors (Lipinski definition) is 1. The molecule has 2 aromatic carbocycles. The van der Waals surface area contributed by atoms with E-state index < -0.39 is 0 Å². The summed E-state index contributed by atoms with van der Waals surface area (Å²) in [4.78, 5) is 27.5. The predicted octanol–water partition coefficient (Wildman–Crippen LogP) is 3.76. The maximum Gasteiger partial charge on any atom is 0.257 e. The van der Waals surface area contributed by atoms with Gasteiger partial charge in [0.05, 0.1) is 5.75 Å². The summed E-state index contributed by atoms with van der Waals surface area (Å²) in [5, 5.41) is 3.24. The number of nitrogens with one attached hydrogen (secondary N) is 1. The number of oxazole rings is 1. The number of thioether (sulfide) groups is 1. The van der Waals surface area contributed by atoms with E-state index in [1.807, 2.05) is 24.3 Å². The van der Waals surface area contributed by atoms with Crippen LogP contribution in [0.15, 0.2) is 58.2 Å². The van der Waals surface area contributed by atoms with Crippen LogP contribution >= 0.6 is 11.8 Å². The number of benzene rings is 2. The summed E-state index contributed by atoms with van der Waals surface area (Å²) < 4.78 is 5.55. The van der Waals surface area contributed by atoms with Crippen molar-refractivity contribution in [3.8, 4) is 0 Å². The zero-order chi connectivity index (χ0) is 16.2.